The third-order valence-corrected chi connectivity index (χ3v) is 9.71. The number of carbonyl (C=O) groups is 1. The molecule has 0 aliphatic heterocycles. The van der Waals surface area contributed by atoms with Crippen LogP contribution in [-0.2, 0) is 41.2 Å². The molecule has 0 spiro atoms. The molecule has 0 saturated carbocycles. The minimum atomic E-state index is -4.86. The molecule has 17 nitrogen and oxygen atoms in total. The van der Waals surface area contributed by atoms with Crippen LogP contribution < -0.4 is 10.9 Å². The number of nitrogens with zero attached hydrogens (tertiary/aromatic N) is 3. The van der Waals surface area contributed by atoms with E-state index in [1.807, 2.05) is 0 Å². The topological polar surface area (TPSA) is 264 Å². The van der Waals surface area contributed by atoms with Crippen LogP contribution in [0.4, 0.5) is 17.1 Å². The number of azo groups is 1. The summed E-state index contributed by atoms with van der Waals surface area (Å²) in [6, 6.07) is 16.8. The van der Waals surface area contributed by atoms with E-state index in [-0.39, 0.29) is 72.0 Å². The highest BCUT2D eigenvalue weighted by Gasteiger charge is 2.21. The SMILES string of the molecule is C.C.Cc1cc(NC(=O)c2ccc(-n3[nH]c(C)c(N=Nc4ccc5cc(CCOS(=O)(=O)O)ccc5c4S(=O)(=O)O)c3=O)cc2)ccc1S(=O)(=O)O. The van der Waals surface area contributed by atoms with E-state index in [4.69, 9.17) is 4.55 Å². The highest BCUT2D eigenvalue weighted by Crippen LogP contribution is 2.34. The van der Waals surface area contributed by atoms with Crippen molar-refractivity contribution < 1.29 is 47.9 Å². The second-order valence-corrected chi connectivity index (χ2v) is 14.7. The van der Waals surface area contributed by atoms with E-state index in [1.54, 1.807) is 0 Å². The molecule has 0 radical (unpaired) electrons. The maximum absolute atomic E-state index is 13.3. The first kappa shape index (κ1) is 41.3. The van der Waals surface area contributed by atoms with E-state index < -0.39 is 47.0 Å². The minimum Gasteiger partial charge on any atom is -0.322 e. The zero-order valence-electron chi connectivity index (χ0n) is 25.9. The molecular formula is C32H35N5O12S3. The summed E-state index contributed by atoms with van der Waals surface area (Å²) >= 11 is 0. The number of aromatic amines is 1. The molecule has 1 amide bonds. The van der Waals surface area contributed by atoms with Crippen molar-refractivity contribution in [2.45, 2.75) is 44.9 Å². The van der Waals surface area contributed by atoms with Gasteiger partial charge in [0.1, 0.15) is 10.6 Å². The number of fused-ring (bicyclic) bond motifs is 1. The second-order valence-electron chi connectivity index (χ2n) is 10.8. The van der Waals surface area contributed by atoms with Crippen molar-refractivity contribution in [1.29, 1.82) is 0 Å². The fourth-order valence-corrected chi connectivity index (χ4v) is 6.87. The van der Waals surface area contributed by atoms with Crippen molar-refractivity contribution >= 4 is 64.4 Å². The van der Waals surface area contributed by atoms with Gasteiger partial charge in [0.2, 0.25) is 0 Å². The van der Waals surface area contributed by atoms with Crippen LogP contribution in [0.5, 0.6) is 0 Å². The number of hydrogen-bond donors (Lipinski definition) is 5. The normalized spacial score (nSPS) is 12.0. The molecule has 1 heterocycles. The zero-order valence-corrected chi connectivity index (χ0v) is 28.4. The first-order chi connectivity index (χ1) is 23.3. The summed E-state index contributed by atoms with van der Waals surface area (Å²) in [5.41, 5.74) is 0.714. The van der Waals surface area contributed by atoms with Crippen LogP contribution in [0.3, 0.4) is 0 Å². The first-order valence-corrected chi connectivity index (χ1v) is 18.4. The van der Waals surface area contributed by atoms with Gasteiger partial charge in [0.25, 0.3) is 31.7 Å². The predicted octanol–water partition coefficient (Wildman–Crippen LogP) is 5.73. The molecule has 0 unspecified atom stereocenters. The third kappa shape index (κ3) is 9.41. The summed E-state index contributed by atoms with van der Waals surface area (Å²) in [4.78, 5) is 25.2. The van der Waals surface area contributed by atoms with Gasteiger partial charge in [-0.25, -0.2) is 8.86 Å². The van der Waals surface area contributed by atoms with E-state index in [9.17, 15) is 43.9 Å². The molecule has 5 rings (SSSR count). The quantitative estimate of drug-likeness (QED) is 0.0795. The molecule has 1 aromatic heterocycles. The third-order valence-electron chi connectivity index (χ3n) is 7.29. The Kier molecular flexibility index (Phi) is 12.4. The molecule has 0 saturated heterocycles. The number of anilines is 1. The van der Waals surface area contributed by atoms with Gasteiger partial charge in [-0.3, -0.25) is 28.3 Å². The molecule has 5 N–H and O–H groups in total. The van der Waals surface area contributed by atoms with Crippen molar-refractivity contribution in [3.05, 3.63) is 106 Å². The lowest BCUT2D eigenvalue weighted by atomic mass is 10.0. The number of amides is 1. The fourth-order valence-electron chi connectivity index (χ4n) is 5.03. The monoisotopic (exact) mass is 777 g/mol. The van der Waals surface area contributed by atoms with Gasteiger partial charge in [-0.1, -0.05) is 39.1 Å². The Morgan fingerprint density at radius 2 is 1.52 bits per heavy atom. The van der Waals surface area contributed by atoms with Gasteiger partial charge in [-0.2, -0.15) is 25.3 Å². The van der Waals surface area contributed by atoms with E-state index in [0.717, 1.165) is 10.7 Å². The molecule has 4 aromatic carbocycles. The van der Waals surface area contributed by atoms with Crippen molar-refractivity contribution in [3.63, 3.8) is 0 Å². The van der Waals surface area contributed by atoms with Crippen molar-refractivity contribution in [2.75, 3.05) is 11.9 Å². The van der Waals surface area contributed by atoms with E-state index >= 15 is 0 Å². The van der Waals surface area contributed by atoms with Gasteiger partial charge in [-0.15, -0.1) is 10.2 Å². The van der Waals surface area contributed by atoms with Gasteiger partial charge < -0.3 is 5.32 Å². The Labute approximate surface area is 299 Å². The maximum atomic E-state index is 13.3. The number of aromatic nitrogens is 2. The number of aryl methyl sites for hydroxylation is 2. The van der Waals surface area contributed by atoms with E-state index in [2.05, 4.69) is 24.8 Å². The largest absolute Gasteiger partial charge is 0.397 e. The number of carbonyl (C=O) groups excluding carboxylic acids is 1. The number of H-pyrrole nitrogens is 1. The molecule has 0 aliphatic carbocycles. The smallest absolute Gasteiger partial charge is 0.322 e. The molecule has 5 aromatic rings. The zero-order chi connectivity index (χ0) is 36.6. The summed E-state index contributed by atoms with van der Waals surface area (Å²) in [5.74, 6) is -0.535. The van der Waals surface area contributed by atoms with Crippen LogP contribution in [0.25, 0.3) is 16.5 Å². The minimum absolute atomic E-state index is 0. The number of hydrogen-bond acceptors (Lipinski definition) is 11. The molecule has 52 heavy (non-hydrogen) atoms. The molecule has 0 atom stereocenters. The van der Waals surface area contributed by atoms with Crippen molar-refractivity contribution in [1.82, 2.24) is 9.78 Å². The maximum Gasteiger partial charge on any atom is 0.397 e. The Morgan fingerprint density at radius 3 is 2.12 bits per heavy atom. The van der Waals surface area contributed by atoms with Gasteiger partial charge in [0.05, 0.1) is 22.9 Å². The first-order valence-electron chi connectivity index (χ1n) is 14.2. The Balaban J connectivity index is 0.00000364. The van der Waals surface area contributed by atoms with Crippen molar-refractivity contribution in [3.8, 4) is 5.69 Å². The molecule has 20 heteroatoms. The molecule has 0 aliphatic rings. The van der Waals surface area contributed by atoms with Crippen LogP contribution in [-0.4, -0.2) is 61.2 Å². The number of benzene rings is 4. The lowest BCUT2D eigenvalue weighted by Gasteiger charge is -2.09. The van der Waals surface area contributed by atoms with Gasteiger partial charge >= 0.3 is 10.4 Å². The lowest BCUT2D eigenvalue weighted by molar-refractivity contribution is 0.102. The number of rotatable bonds is 11. The molecule has 0 fully saturated rings. The second kappa shape index (κ2) is 15.7. The van der Waals surface area contributed by atoms with Crippen LogP contribution in [0, 0.1) is 13.8 Å². The Hall–Kier alpha value is -5.09. The molecule has 278 valence electrons. The van der Waals surface area contributed by atoms with Crippen LogP contribution in [0.1, 0.15) is 42.0 Å². The average Bonchev–Trinajstić information content (AvgIpc) is 3.30. The molecule has 0 bridgehead atoms. The van der Waals surface area contributed by atoms with Gasteiger partial charge in [0.15, 0.2) is 5.69 Å². The summed E-state index contributed by atoms with van der Waals surface area (Å²) in [6.07, 6.45) is 0.0590. The Bertz CT molecular complexity index is 2580. The van der Waals surface area contributed by atoms with Crippen LogP contribution >= 0.6 is 0 Å². The average molecular weight is 778 g/mol. The Morgan fingerprint density at radius 1 is 0.846 bits per heavy atom. The standard InChI is InChI=1S/C30H27N5O12S3.2CH4/c1-17-15-22(7-12-26(17)48(38,39)40)31-29(36)20-4-8-23(9-5-20)35-30(37)27(18(2)34-35)33-32-25-11-6-21-16-19(13-14-47-50(44,45)46)3-10-24(21)28(25)49(41,42)43;;/h3-12,15-16,34H,13-14H2,1-2H3,(H,31,36)(H,38,39,40)(H,41,42,43)(H,44,45,46);2*1H4. The van der Waals surface area contributed by atoms with Crippen LogP contribution in [0.15, 0.2) is 97.6 Å². The summed E-state index contributed by atoms with van der Waals surface area (Å²) < 4.78 is 103. The summed E-state index contributed by atoms with van der Waals surface area (Å²) in [7, 11) is -13.9. The van der Waals surface area contributed by atoms with Gasteiger partial charge in [0, 0.05) is 16.6 Å². The summed E-state index contributed by atoms with van der Waals surface area (Å²) in [5, 5.41) is 13.8. The summed E-state index contributed by atoms with van der Waals surface area (Å²) in [6.45, 7) is 2.62. The number of nitrogens with one attached hydrogen (secondary N) is 2. The lowest BCUT2D eigenvalue weighted by Crippen LogP contribution is -2.15. The van der Waals surface area contributed by atoms with Crippen molar-refractivity contribution in [2.24, 2.45) is 10.2 Å². The predicted molar refractivity (Wildman–Crippen MR) is 193 cm³/mol. The molecular weight excluding hydrogens is 743 g/mol. The highest BCUT2D eigenvalue weighted by atomic mass is 32.3. The van der Waals surface area contributed by atoms with E-state index in [1.165, 1.54) is 80.6 Å². The van der Waals surface area contributed by atoms with Crippen LogP contribution in [0.2, 0.25) is 0 Å². The highest BCUT2D eigenvalue weighted by molar-refractivity contribution is 7.86. The van der Waals surface area contributed by atoms with E-state index in [0.29, 0.717) is 16.6 Å². The fraction of sp³-hybridized carbons (Fsp3) is 0.188. The van der Waals surface area contributed by atoms with Gasteiger partial charge in [-0.05, 0) is 85.3 Å².